The first-order valence-electron chi connectivity index (χ1n) is 8.34. The van der Waals surface area contributed by atoms with Gasteiger partial charge in [0.15, 0.2) is 0 Å². The molecule has 0 aromatic carbocycles. The van der Waals surface area contributed by atoms with Crippen molar-refractivity contribution in [3.63, 3.8) is 0 Å². The number of hydrogen-bond donors (Lipinski definition) is 1. The molecule has 3 aromatic rings. The number of nitrogens with zero attached hydrogens (tertiary/aromatic N) is 3. The van der Waals surface area contributed by atoms with Crippen molar-refractivity contribution in [2.75, 3.05) is 0 Å². The van der Waals surface area contributed by atoms with E-state index in [0.29, 0.717) is 12.8 Å². The van der Waals surface area contributed by atoms with Crippen LogP contribution in [0.3, 0.4) is 0 Å². The van der Waals surface area contributed by atoms with Crippen LogP contribution in [0.2, 0.25) is 0 Å². The summed E-state index contributed by atoms with van der Waals surface area (Å²) in [5.41, 5.74) is 6.31. The van der Waals surface area contributed by atoms with Gasteiger partial charge in [-0.3, -0.25) is 9.78 Å². The summed E-state index contributed by atoms with van der Waals surface area (Å²) in [4.78, 5) is 15.2. The van der Waals surface area contributed by atoms with Crippen molar-refractivity contribution in [3.05, 3.63) is 52.0 Å². The van der Waals surface area contributed by atoms with Crippen molar-refractivity contribution >= 4 is 27.4 Å². The third-order valence-electron chi connectivity index (χ3n) is 4.35. The van der Waals surface area contributed by atoms with Crippen LogP contribution in [0, 0.1) is 6.92 Å². The van der Waals surface area contributed by atoms with Crippen LogP contribution in [0.1, 0.15) is 36.7 Å². The third-order valence-corrected chi connectivity index (χ3v) is 4.79. The molecule has 0 atom stereocenters. The van der Waals surface area contributed by atoms with Gasteiger partial charge in [0.2, 0.25) is 0 Å². The van der Waals surface area contributed by atoms with Crippen LogP contribution in [-0.2, 0) is 17.6 Å². The number of aromatic nitrogens is 3. The molecule has 0 aliphatic carbocycles. The molecule has 0 aliphatic heterocycles. The summed E-state index contributed by atoms with van der Waals surface area (Å²) in [6.07, 6.45) is 5.92. The number of carbonyl (C=O) groups is 1. The van der Waals surface area contributed by atoms with E-state index >= 15 is 0 Å². The molecule has 0 saturated carbocycles. The molecular weight excluding hydrogens is 382 g/mol. The van der Waals surface area contributed by atoms with E-state index < -0.39 is 5.97 Å². The van der Waals surface area contributed by atoms with Crippen LogP contribution >= 0.6 is 15.9 Å². The number of pyridine rings is 1. The number of hydrogen-bond acceptors (Lipinski definition) is 3. The number of rotatable bonds is 6. The Labute approximate surface area is 154 Å². The topological polar surface area (TPSA) is 67.5 Å². The van der Waals surface area contributed by atoms with Crippen LogP contribution in [0.25, 0.3) is 16.6 Å². The van der Waals surface area contributed by atoms with Crippen LogP contribution in [-0.4, -0.2) is 25.7 Å². The normalized spacial score (nSPS) is 11.2. The maximum absolute atomic E-state index is 10.9. The molecule has 0 spiro atoms. The van der Waals surface area contributed by atoms with Crippen molar-refractivity contribution in [2.24, 2.45) is 0 Å². The molecule has 0 bridgehead atoms. The smallest absolute Gasteiger partial charge is 0.303 e. The van der Waals surface area contributed by atoms with E-state index in [1.165, 1.54) is 0 Å². The second kappa shape index (κ2) is 7.35. The summed E-state index contributed by atoms with van der Waals surface area (Å²) in [7, 11) is 0. The van der Waals surface area contributed by atoms with Crippen molar-refractivity contribution in [1.82, 2.24) is 14.6 Å². The number of fused-ring (bicyclic) bond motifs is 1. The van der Waals surface area contributed by atoms with E-state index in [1.54, 1.807) is 6.20 Å². The Kier molecular flexibility index (Phi) is 5.18. The quantitative estimate of drug-likeness (QED) is 0.662. The number of aliphatic carboxylic acids is 1. The van der Waals surface area contributed by atoms with E-state index in [4.69, 9.17) is 10.2 Å². The molecule has 0 fully saturated rings. The molecule has 0 amide bonds. The third kappa shape index (κ3) is 3.58. The molecule has 0 saturated heterocycles. The number of carboxylic acid groups (broad SMARTS) is 1. The lowest BCUT2D eigenvalue weighted by Gasteiger charge is -2.15. The van der Waals surface area contributed by atoms with Crippen molar-refractivity contribution in [3.8, 4) is 11.1 Å². The van der Waals surface area contributed by atoms with Gasteiger partial charge in [-0.1, -0.05) is 6.92 Å². The highest BCUT2D eigenvalue weighted by Gasteiger charge is 2.17. The zero-order chi connectivity index (χ0) is 18.0. The standard InChI is InChI=1S/C19H20BrN3O2/c1-3-15-7-8-17-19(13-9-14(20)11-21-10-13)16(5-4-6-18(24)25)12(2)22-23(15)17/h7-11H,3-6H2,1-2H3,(H,24,25). The largest absolute Gasteiger partial charge is 0.481 e. The SMILES string of the molecule is CCc1ccc2c(-c3cncc(Br)c3)c(CCCC(=O)O)c(C)nn12. The van der Waals surface area contributed by atoms with E-state index in [0.717, 1.165) is 44.5 Å². The van der Waals surface area contributed by atoms with Crippen LogP contribution in [0.4, 0.5) is 0 Å². The molecule has 1 N–H and O–H groups in total. The molecule has 3 heterocycles. The number of carboxylic acids is 1. The predicted octanol–water partition coefficient (Wildman–Crippen LogP) is 4.44. The summed E-state index contributed by atoms with van der Waals surface area (Å²) >= 11 is 3.49. The van der Waals surface area contributed by atoms with Crippen LogP contribution in [0.15, 0.2) is 35.1 Å². The summed E-state index contributed by atoms with van der Waals surface area (Å²) in [5, 5.41) is 13.7. The molecule has 6 heteroatoms. The average molecular weight is 402 g/mol. The minimum Gasteiger partial charge on any atom is -0.481 e. The van der Waals surface area contributed by atoms with Crippen molar-refractivity contribution < 1.29 is 9.90 Å². The molecule has 3 rings (SSSR count). The Bertz CT molecular complexity index is 934. The number of halogens is 1. The molecule has 0 aliphatic rings. The Morgan fingerprint density at radius 2 is 2.12 bits per heavy atom. The molecule has 0 unspecified atom stereocenters. The second-order valence-electron chi connectivity index (χ2n) is 6.05. The lowest BCUT2D eigenvalue weighted by atomic mass is 9.96. The van der Waals surface area contributed by atoms with Crippen LogP contribution in [0.5, 0.6) is 0 Å². The summed E-state index contributed by atoms with van der Waals surface area (Å²) < 4.78 is 2.91. The monoisotopic (exact) mass is 401 g/mol. The predicted molar refractivity (Wildman–Crippen MR) is 101 cm³/mol. The average Bonchev–Trinajstić information content (AvgIpc) is 2.97. The Morgan fingerprint density at radius 3 is 2.80 bits per heavy atom. The lowest BCUT2D eigenvalue weighted by Crippen LogP contribution is -2.07. The van der Waals surface area contributed by atoms with Gasteiger partial charge in [-0.05, 0) is 65.9 Å². The molecule has 5 nitrogen and oxygen atoms in total. The fourth-order valence-corrected chi connectivity index (χ4v) is 3.55. The van der Waals surface area contributed by atoms with Crippen molar-refractivity contribution in [1.29, 1.82) is 0 Å². The van der Waals surface area contributed by atoms with Crippen molar-refractivity contribution in [2.45, 2.75) is 39.5 Å². The molecular formula is C19H20BrN3O2. The fraction of sp³-hybridized carbons (Fsp3) is 0.316. The van der Waals surface area contributed by atoms with E-state index in [9.17, 15) is 4.79 Å². The first kappa shape index (κ1) is 17.6. The van der Waals surface area contributed by atoms with Gasteiger partial charge in [0.25, 0.3) is 0 Å². The Morgan fingerprint density at radius 1 is 1.32 bits per heavy atom. The summed E-state index contributed by atoms with van der Waals surface area (Å²) in [6.45, 7) is 4.10. The van der Waals surface area contributed by atoms with E-state index in [2.05, 4.69) is 40.0 Å². The molecule has 130 valence electrons. The molecule has 3 aromatic heterocycles. The van der Waals surface area contributed by atoms with Crippen LogP contribution < -0.4 is 0 Å². The van der Waals surface area contributed by atoms with Gasteiger partial charge in [-0.2, -0.15) is 5.10 Å². The zero-order valence-electron chi connectivity index (χ0n) is 14.3. The highest BCUT2D eigenvalue weighted by Crippen LogP contribution is 2.33. The van der Waals surface area contributed by atoms with E-state index in [1.807, 2.05) is 23.7 Å². The second-order valence-corrected chi connectivity index (χ2v) is 6.97. The zero-order valence-corrected chi connectivity index (χ0v) is 15.9. The minimum atomic E-state index is -0.770. The highest BCUT2D eigenvalue weighted by molar-refractivity contribution is 9.10. The van der Waals surface area contributed by atoms with Gasteiger partial charge < -0.3 is 5.11 Å². The first-order chi connectivity index (χ1) is 12.0. The lowest BCUT2D eigenvalue weighted by molar-refractivity contribution is -0.137. The Balaban J connectivity index is 2.20. The van der Waals surface area contributed by atoms with Gasteiger partial charge in [-0.15, -0.1) is 0 Å². The molecule has 25 heavy (non-hydrogen) atoms. The highest BCUT2D eigenvalue weighted by atomic mass is 79.9. The summed E-state index contributed by atoms with van der Waals surface area (Å²) in [6, 6.07) is 6.22. The summed E-state index contributed by atoms with van der Waals surface area (Å²) in [5.74, 6) is -0.770. The van der Waals surface area contributed by atoms with Gasteiger partial charge in [0, 0.05) is 40.1 Å². The first-order valence-corrected chi connectivity index (χ1v) is 9.13. The Hall–Kier alpha value is -2.21. The van der Waals surface area contributed by atoms with E-state index in [-0.39, 0.29) is 6.42 Å². The maximum atomic E-state index is 10.9. The number of aryl methyl sites for hydroxylation is 2. The van der Waals surface area contributed by atoms with Gasteiger partial charge in [0.1, 0.15) is 0 Å². The van der Waals surface area contributed by atoms with Gasteiger partial charge in [-0.25, -0.2) is 4.52 Å². The minimum absolute atomic E-state index is 0.155. The maximum Gasteiger partial charge on any atom is 0.303 e. The fourth-order valence-electron chi connectivity index (χ4n) is 3.18. The van der Waals surface area contributed by atoms with Gasteiger partial charge >= 0.3 is 5.97 Å². The molecule has 0 radical (unpaired) electrons. The van der Waals surface area contributed by atoms with Gasteiger partial charge in [0.05, 0.1) is 11.2 Å².